The summed E-state index contributed by atoms with van der Waals surface area (Å²) in [6.45, 7) is 3.32. The lowest BCUT2D eigenvalue weighted by molar-refractivity contribution is -0.110. The molecule has 0 aliphatic rings. The van der Waals surface area contributed by atoms with Gasteiger partial charge in [0.25, 0.3) is 10.0 Å². The highest BCUT2D eigenvalue weighted by Gasteiger charge is 2.29. The van der Waals surface area contributed by atoms with Gasteiger partial charge in [0.15, 0.2) is 0 Å². The maximum Gasteiger partial charge on any atom is 0.264 e. The van der Waals surface area contributed by atoms with E-state index in [2.05, 4.69) is 0 Å². The Labute approximate surface area is 152 Å². The van der Waals surface area contributed by atoms with E-state index < -0.39 is 27.6 Å². The van der Waals surface area contributed by atoms with Crippen molar-refractivity contribution in [3.05, 3.63) is 59.4 Å². The minimum Gasteiger partial charge on any atom is -0.279 e. The molecule has 0 unspecified atom stereocenters. The van der Waals surface area contributed by atoms with Crippen molar-refractivity contribution in [3.8, 4) is 0 Å². The second-order valence-corrected chi connectivity index (χ2v) is 7.74. The van der Waals surface area contributed by atoms with Gasteiger partial charge in [0.2, 0.25) is 5.24 Å². The van der Waals surface area contributed by atoms with Crippen molar-refractivity contribution < 1.29 is 17.6 Å². The molecular weight excluding hydrogens is 365 g/mol. The zero-order valence-electron chi connectivity index (χ0n) is 14.0. The van der Waals surface area contributed by atoms with Crippen molar-refractivity contribution in [2.45, 2.75) is 31.6 Å². The number of carbonyl (C=O) groups excluding carboxylic acids is 1. The normalized spacial score (nSPS) is 11.4. The molecule has 25 heavy (non-hydrogen) atoms. The van der Waals surface area contributed by atoms with Gasteiger partial charge in [0, 0.05) is 0 Å². The highest BCUT2D eigenvalue weighted by molar-refractivity contribution is 7.92. The average molecular weight is 384 g/mol. The highest BCUT2D eigenvalue weighted by Crippen LogP contribution is 2.32. The third kappa shape index (κ3) is 4.19. The Kier molecular flexibility index (Phi) is 6.19. The van der Waals surface area contributed by atoms with Gasteiger partial charge < -0.3 is 0 Å². The molecule has 4 nitrogen and oxygen atoms in total. The van der Waals surface area contributed by atoms with E-state index in [0.29, 0.717) is 18.5 Å². The molecule has 2 rings (SSSR count). The Bertz CT molecular complexity index is 844. The third-order valence-corrected chi connectivity index (χ3v) is 5.76. The van der Waals surface area contributed by atoms with Crippen LogP contribution in [0.4, 0.5) is 10.1 Å². The standard InChI is InChI=1S/C18H19ClFNO3S/c1-3-13-6-5-7-14(4-2)18(13)21(12-17(19)22)25(23,24)16-10-8-15(20)9-11-16/h5-11H,3-4,12H2,1-2H3. The number of hydrogen-bond donors (Lipinski definition) is 0. The van der Waals surface area contributed by atoms with Gasteiger partial charge in [-0.25, -0.2) is 12.8 Å². The molecule has 0 saturated heterocycles. The number of hydrogen-bond acceptors (Lipinski definition) is 3. The SMILES string of the molecule is CCc1cccc(CC)c1N(CC(=O)Cl)S(=O)(=O)c1ccc(F)cc1. The fraction of sp³-hybridized carbons (Fsp3) is 0.278. The predicted molar refractivity (Wildman–Crippen MR) is 97.0 cm³/mol. The van der Waals surface area contributed by atoms with E-state index in [1.54, 1.807) is 0 Å². The Balaban J connectivity index is 2.69. The molecule has 0 aliphatic heterocycles. The number of halogens is 2. The molecule has 0 fully saturated rings. The van der Waals surface area contributed by atoms with E-state index in [-0.39, 0.29) is 4.90 Å². The number of carbonyl (C=O) groups is 1. The lowest BCUT2D eigenvalue weighted by Crippen LogP contribution is -2.36. The number of nitrogens with zero attached hydrogens (tertiary/aromatic N) is 1. The van der Waals surface area contributed by atoms with Crippen molar-refractivity contribution in [1.29, 1.82) is 0 Å². The first-order valence-electron chi connectivity index (χ1n) is 7.88. The third-order valence-electron chi connectivity index (χ3n) is 3.88. The number of sulfonamides is 1. The minimum atomic E-state index is -4.07. The van der Waals surface area contributed by atoms with E-state index in [9.17, 15) is 17.6 Å². The Morgan fingerprint density at radius 3 is 2.00 bits per heavy atom. The van der Waals surface area contributed by atoms with Crippen molar-refractivity contribution in [3.63, 3.8) is 0 Å². The van der Waals surface area contributed by atoms with Gasteiger partial charge in [-0.05, 0) is 59.8 Å². The van der Waals surface area contributed by atoms with Gasteiger partial charge in [-0.15, -0.1) is 0 Å². The smallest absolute Gasteiger partial charge is 0.264 e. The van der Waals surface area contributed by atoms with Gasteiger partial charge in [0.1, 0.15) is 12.4 Å². The zero-order valence-corrected chi connectivity index (χ0v) is 15.6. The Hall–Kier alpha value is -1.92. The topological polar surface area (TPSA) is 54.5 Å². The molecule has 0 aliphatic carbocycles. The van der Waals surface area contributed by atoms with Crippen LogP contribution < -0.4 is 4.31 Å². The summed E-state index contributed by atoms with van der Waals surface area (Å²) < 4.78 is 40.4. The van der Waals surface area contributed by atoms with Crippen LogP contribution in [0, 0.1) is 5.82 Å². The number of benzene rings is 2. The van der Waals surface area contributed by atoms with Crippen LogP contribution in [-0.2, 0) is 27.7 Å². The molecule has 134 valence electrons. The predicted octanol–water partition coefficient (Wildman–Crippen LogP) is 3.91. The van der Waals surface area contributed by atoms with Gasteiger partial charge in [-0.2, -0.15) is 0 Å². The monoisotopic (exact) mass is 383 g/mol. The van der Waals surface area contributed by atoms with E-state index in [1.165, 1.54) is 12.1 Å². The zero-order chi connectivity index (χ0) is 18.6. The molecule has 0 N–H and O–H groups in total. The largest absolute Gasteiger partial charge is 0.279 e. The van der Waals surface area contributed by atoms with Crippen LogP contribution in [0.5, 0.6) is 0 Å². The molecule has 2 aromatic rings. The summed E-state index contributed by atoms with van der Waals surface area (Å²) in [6.07, 6.45) is 1.18. The van der Waals surface area contributed by atoms with Gasteiger partial charge in [-0.3, -0.25) is 9.10 Å². The Morgan fingerprint density at radius 2 is 1.56 bits per heavy atom. The molecule has 0 spiro atoms. The van der Waals surface area contributed by atoms with E-state index >= 15 is 0 Å². The van der Waals surface area contributed by atoms with Crippen molar-refractivity contribution >= 4 is 32.6 Å². The number of anilines is 1. The molecule has 0 saturated carbocycles. The maximum atomic E-state index is 13.2. The van der Waals surface area contributed by atoms with Gasteiger partial charge >= 0.3 is 0 Å². The summed E-state index contributed by atoms with van der Waals surface area (Å²) in [7, 11) is -4.07. The maximum absolute atomic E-state index is 13.2. The molecule has 0 aromatic heterocycles. The second-order valence-electron chi connectivity index (χ2n) is 5.45. The molecular formula is C18H19ClFNO3S. The first-order chi connectivity index (χ1) is 11.8. The Morgan fingerprint density at radius 1 is 1.04 bits per heavy atom. The molecule has 2 aromatic carbocycles. The van der Waals surface area contributed by atoms with Crippen molar-refractivity contribution in [1.82, 2.24) is 0 Å². The second kappa shape index (κ2) is 7.97. The van der Waals surface area contributed by atoms with Crippen molar-refractivity contribution in [2.24, 2.45) is 0 Å². The summed E-state index contributed by atoms with van der Waals surface area (Å²) in [5.74, 6) is -0.540. The van der Waals surface area contributed by atoms with E-state index in [0.717, 1.165) is 27.6 Å². The van der Waals surface area contributed by atoms with Crippen molar-refractivity contribution in [2.75, 3.05) is 10.8 Å². The molecule has 0 radical (unpaired) electrons. The molecule has 0 amide bonds. The van der Waals surface area contributed by atoms with Crippen LogP contribution in [0.1, 0.15) is 25.0 Å². The fourth-order valence-corrected chi connectivity index (χ4v) is 4.35. The van der Waals surface area contributed by atoms with Crippen LogP contribution in [0.2, 0.25) is 0 Å². The van der Waals surface area contributed by atoms with Gasteiger partial charge in [-0.1, -0.05) is 32.0 Å². The fourth-order valence-electron chi connectivity index (χ4n) is 2.67. The molecule has 0 heterocycles. The number of aryl methyl sites for hydroxylation is 2. The quantitative estimate of drug-likeness (QED) is 0.681. The first kappa shape index (κ1) is 19.4. The van der Waals surface area contributed by atoms with E-state index in [4.69, 9.17) is 11.6 Å². The average Bonchev–Trinajstić information content (AvgIpc) is 2.59. The lowest BCUT2D eigenvalue weighted by Gasteiger charge is -2.27. The highest BCUT2D eigenvalue weighted by atomic mass is 35.5. The summed E-state index contributed by atoms with van der Waals surface area (Å²) in [5.41, 5.74) is 2.05. The number of rotatable bonds is 7. The van der Waals surface area contributed by atoms with Crippen LogP contribution >= 0.6 is 11.6 Å². The lowest BCUT2D eigenvalue weighted by atomic mass is 10.0. The summed E-state index contributed by atoms with van der Waals surface area (Å²) in [4.78, 5) is 11.5. The summed E-state index contributed by atoms with van der Waals surface area (Å²) in [5, 5.41) is -0.793. The van der Waals surface area contributed by atoms with Crippen LogP contribution in [0.3, 0.4) is 0 Å². The van der Waals surface area contributed by atoms with Crippen LogP contribution in [0.25, 0.3) is 0 Å². The molecule has 0 atom stereocenters. The summed E-state index contributed by atoms with van der Waals surface area (Å²) in [6, 6.07) is 9.99. The minimum absolute atomic E-state index is 0.0974. The molecule has 7 heteroatoms. The number of para-hydroxylation sites is 1. The van der Waals surface area contributed by atoms with Crippen LogP contribution in [-0.4, -0.2) is 20.2 Å². The summed E-state index contributed by atoms with van der Waals surface area (Å²) >= 11 is 5.53. The van der Waals surface area contributed by atoms with E-state index in [1.807, 2.05) is 32.0 Å². The van der Waals surface area contributed by atoms with Crippen LogP contribution in [0.15, 0.2) is 47.4 Å². The molecule has 0 bridgehead atoms. The first-order valence-corrected chi connectivity index (χ1v) is 9.70. The van der Waals surface area contributed by atoms with Gasteiger partial charge in [0.05, 0.1) is 10.6 Å².